The molecule has 0 aliphatic rings. The molecule has 1 N–H and O–H groups in total. The molecule has 1 amide bonds. The van der Waals surface area contributed by atoms with E-state index in [-0.39, 0.29) is 12.5 Å². The lowest BCUT2D eigenvalue weighted by atomic mass is 10.3. The summed E-state index contributed by atoms with van der Waals surface area (Å²) < 4.78 is 6.46. The smallest absolute Gasteiger partial charge is 0.272 e. The second kappa shape index (κ2) is 4.76. The highest BCUT2D eigenvalue weighted by Crippen LogP contribution is 2.11. The number of hydrogen-bond donors (Lipinski definition) is 1. The van der Waals surface area contributed by atoms with Crippen LogP contribution in [0.15, 0.2) is 29.0 Å². The predicted molar refractivity (Wildman–Crippen MR) is 70.1 cm³/mol. The number of hydrogen-bond acceptors (Lipinski definition) is 5. The molecule has 3 aromatic heterocycles. The van der Waals surface area contributed by atoms with Gasteiger partial charge in [0.1, 0.15) is 22.7 Å². The summed E-state index contributed by atoms with van der Waals surface area (Å²) in [6.07, 6.45) is 1.88. The molecule has 0 fully saturated rings. The molecule has 0 saturated carbocycles. The minimum Gasteiger partial charge on any atom is -0.345 e. The fourth-order valence-electron chi connectivity index (χ4n) is 1.99. The molecule has 20 heavy (non-hydrogen) atoms. The Bertz CT molecular complexity index is 774. The molecule has 0 aliphatic heterocycles. The van der Waals surface area contributed by atoms with Gasteiger partial charge in [0, 0.05) is 6.20 Å². The van der Waals surface area contributed by atoms with Gasteiger partial charge in [-0.2, -0.15) is 0 Å². The number of carbonyl (C=O) groups excluding carboxylic acids is 1. The summed E-state index contributed by atoms with van der Waals surface area (Å²) in [6.45, 7) is 3.90. The quantitative estimate of drug-likeness (QED) is 0.775. The molecule has 3 rings (SSSR count). The number of carbonyl (C=O) groups is 1. The third kappa shape index (κ3) is 2.03. The summed E-state index contributed by atoms with van der Waals surface area (Å²) in [5.41, 5.74) is 3.23. The van der Waals surface area contributed by atoms with Crippen LogP contribution in [0.3, 0.4) is 0 Å². The number of aryl methyl sites for hydroxylation is 2. The van der Waals surface area contributed by atoms with E-state index in [1.165, 1.54) is 0 Å². The third-order valence-electron chi connectivity index (χ3n) is 3.15. The SMILES string of the molecule is Cc1nonc1CNC(=O)c1nc2ccccn2c1C. The molecule has 0 spiro atoms. The third-order valence-corrected chi connectivity index (χ3v) is 3.15. The number of amides is 1. The van der Waals surface area contributed by atoms with E-state index in [0.29, 0.717) is 17.1 Å². The molecule has 7 nitrogen and oxygen atoms in total. The molecule has 102 valence electrons. The van der Waals surface area contributed by atoms with Crippen LogP contribution in [0, 0.1) is 13.8 Å². The van der Waals surface area contributed by atoms with Gasteiger partial charge in [0.15, 0.2) is 0 Å². The van der Waals surface area contributed by atoms with Crippen molar-refractivity contribution in [2.45, 2.75) is 20.4 Å². The number of nitrogens with one attached hydrogen (secondary N) is 1. The van der Waals surface area contributed by atoms with Crippen molar-refractivity contribution in [3.63, 3.8) is 0 Å². The fourth-order valence-corrected chi connectivity index (χ4v) is 1.99. The van der Waals surface area contributed by atoms with Gasteiger partial charge in [0.05, 0.1) is 12.2 Å². The standard InChI is InChI=1S/C13H13N5O2/c1-8-10(17-20-16-8)7-14-13(19)12-9(2)18-6-4-3-5-11(18)15-12/h3-6H,7H2,1-2H3,(H,14,19). The first-order valence-electron chi connectivity index (χ1n) is 6.16. The Hall–Kier alpha value is -2.70. The van der Waals surface area contributed by atoms with Crippen LogP contribution in [-0.2, 0) is 6.54 Å². The minimum absolute atomic E-state index is 0.242. The highest BCUT2D eigenvalue weighted by molar-refractivity contribution is 5.94. The lowest BCUT2D eigenvalue weighted by Gasteiger charge is -2.01. The van der Waals surface area contributed by atoms with Crippen LogP contribution in [0.1, 0.15) is 27.6 Å². The molecule has 3 heterocycles. The average molecular weight is 271 g/mol. The van der Waals surface area contributed by atoms with Crippen molar-refractivity contribution >= 4 is 11.6 Å². The molecule has 0 saturated heterocycles. The maximum Gasteiger partial charge on any atom is 0.272 e. The largest absolute Gasteiger partial charge is 0.345 e. The van der Waals surface area contributed by atoms with E-state index in [2.05, 4.69) is 25.2 Å². The normalized spacial score (nSPS) is 10.9. The number of aromatic nitrogens is 4. The van der Waals surface area contributed by atoms with Crippen molar-refractivity contribution in [2.24, 2.45) is 0 Å². The second-order valence-corrected chi connectivity index (χ2v) is 4.45. The van der Waals surface area contributed by atoms with Gasteiger partial charge in [-0.3, -0.25) is 4.79 Å². The van der Waals surface area contributed by atoms with E-state index in [4.69, 9.17) is 0 Å². The van der Waals surface area contributed by atoms with Crippen molar-refractivity contribution in [1.29, 1.82) is 0 Å². The van der Waals surface area contributed by atoms with Gasteiger partial charge in [-0.15, -0.1) is 0 Å². The highest BCUT2D eigenvalue weighted by atomic mass is 16.6. The summed E-state index contributed by atoms with van der Waals surface area (Å²) in [5, 5.41) is 10.1. The Morgan fingerprint density at radius 1 is 1.35 bits per heavy atom. The molecule has 0 bridgehead atoms. The van der Waals surface area contributed by atoms with E-state index in [0.717, 1.165) is 11.3 Å². The molecular weight excluding hydrogens is 258 g/mol. The summed E-state index contributed by atoms with van der Waals surface area (Å²) in [4.78, 5) is 16.5. The van der Waals surface area contributed by atoms with Crippen LogP contribution in [0.5, 0.6) is 0 Å². The number of fused-ring (bicyclic) bond motifs is 1. The lowest BCUT2D eigenvalue weighted by Crippen LogP contribution is -2.24. The van der Waals surface area contributed by atoms with Crippen molar-refractivity contribution in [2.75, 3.05) is 0 Å². The first-order valence-corrected chi connectivity index (χ1v) is 6.16. The Balaban J connectivity index is 1.82. The Kier molecular flexibility index (Phi) is 2.94. The van der Waals surface area contributed by atoms with E-state index in [1.54, 1.807) is 6.92 Å². The van der Waals surface area contributed by atoms with Gasteiger partial charge in [-0.1, -0.05) is 16.4 Å². The zero-order valence-corrected chi connectivity index (χ0v) is 11.1. The molecule has 0 unspecified atom stereocenters. The molecule has 0 atom stereocenters. The van der Waals surface area contributed by atoms with Crippen LogP contribution >= 0.6 is 0 Å². The van der Waals surface area contributed by atoms with E-state index < -0.39 is 0 Å². The maximum atomic E-state index is 12.2. The number of rotatable bonds is 3. The van der Waals surface area contributed by atoms with Crippen LogP contribution in [0.25, 0.3) is 5.65 Å². The molecule has 3 aromatic rings. The monoisotopic (exact) mass is 271 g/mol. The maximum absolute atomic E-state index is 12.2. The zero-order valence-electron chi connectivity index (χ0n) is 11.1. The van der Waals surface area contributed by atoms with Crippen molar-refractivity contribution < 1.29 is 9.42 Å². The van der Waals surface area contributed by atoms with Gasteiger partial charge in [0.2, 0.25) is 0 Å². The average Bonchev–Trinajstić information content (AvgIpc) is 3.01. The van der Waals surface area contributed by atoms with Gasteiger partial charge < -0.3 is 9.72 Å². The first kappa shape index (κ1) is 12.3. The molecular formula is C13H13N5O2. The molecule has 0 aromatic carbocycles. The van der Waals surface area contributed by atoms with Crippen LogP contribution in [0.4, 0.5) is 0 Å². The van der Waals surface area contributed by atoms with E-state index >= 15 is 0 Å². The van der Waals surface area contributed by atoms with Gasteiger partial charge in [0.25, 0.3) is 5.91 Å². The first-order chi connectivity index (χ1) is 9.66. The van der Waals surface area contributed by atoms with Gasteiger partial charge in [-0.05, 0) is 26.0 Å². The van der Waals surface area contributed by atoms with Gasteiger partial charge in [-0.25, -0.2) is 9.61 Å². The Morgan fingerprint density at radius 3 is 2.90 bits per heavy atom. The summed E-state index contributed by atoms with van der Waals surface area (Å²) >= 11 is 0. The van der Waals surface area contributed by atoms with Gasteiger partial charge >= 0.3 is 0 Å². The Labute approximate surface area is 114 Å². The van der Waals surface area contributed by atoms with Crippen molar-refractivity contribution in [3.05, 3.63) is 47.2 Å². The van der Waals surface area contributed by atoms with Crippen LogP contribution < -0.4 is 5.32 Å². The lowest BCUT2D eigenvalue weighted by molar-refractivity contribution is 0.0945. The number of imidazole rings is 1. The van der Waals surface area contributed by atoms with Crippen LogP contribution in [0.2, 0.25) is 0 Å². The van der Waals surface area contributed by atoms with Crippen molar-refractivity contribution in [1.82, 2.24) is 25.0 Å². The molecule has 0 aliphatic carbocycles. The molecule has 7 heteroatoms. The van der Waals surface area contributed by atoms with Crippen molar-refractivity contribution in [3.8, 4) is 0 Å². The minimum atomic E-state index is -0.242. The Morgan fingerprint density at radius 2 is 2.20 bits per heavy atom. The predicted octanol–water partition coefficient (Wildman–Crippen LogP) is 1.26. The van der Waals surface area contributed by atoms with Crippen LogP contribution in [-0.4, -0.2) is 25.6 Å². The topological polar surface area (TPSA) is 85.3 Å². The zero-order chi connectivity index (χ0) is 14.1. The number of pyridine rings is 1. The summed E-state index contributed by atoms with van der Waals surface area (Å²) in [6, 6.07) is 5.64. The fraction of sp³-hybridized carbons (Fsp3) is 0.231. The van der Waals surface area contributed by atoms with E-state index in [9.17, 15) is 4.79 Å². The second-order valence-electron chi connectivity index (χ2n) is 4.45. The summed E-state index contributed by atoms with van der Waals surface area (Å²) in [5.74, 6) is -0.242. The molecule has 0 radical (unpaired) electrons. The highest BCUT2D eigenvalue weighted by Gasteiger charge is 2.16. The van der Waals surface area contributed by atoms with E-state index in [1.807, 2.05) is 35.7 Å². The number of nitrogens with zero attached hydrogens (tertiary/aromatic N) is 4. The summed E-state index contributed by atoms with van der Waals surface area (Å²) in [7, 11) is 0.